The molecule has 0 spiro atoms. The van der Waals surface area contributed by atoms with Crippen molar-refractivity contribution in [2.24, 2.45) is 0 Å². The molecule has 0 saturated heterocycles. The number of hydrogen-bond donors (Lipinski definition) is 0. The molecule has 0 saturated carbocycles. The molecule has 2 heteroatoms. The van der Waals surface area contributed by atoms with E-state index in [1.165, 1.54) is 93.9 Å². The first-order valence-corrected chi connectivity index (χ1v) is 17.9. The van der Waals surface area contributed by atoms with Gasteiger partial charge in [0.05, 0.1) is 22.1 Å². The molecule has 9 rings (SSSR count). The number of thiol groups is 1. The van der Waals surface area contributed by atoms with Crippen LogP contribution in [0.1, 0.15) is 47.6 Å². The number of aromatic nitrogens is 1. The maximum Gasteiger partial charge on any atom is 0.157 e. The summed E-state index contributed by atoms with van der Waals surface area (Å²) in [6.07, 6.45) is 2.27. The standard InChI is InChI=1S/C45H35NS/c1-29(2)32-27-26-31(34-18-12-15-30-14-4-5-16-33(30)34)28-40(32)45(38-21-8-11-25-43(38)47-3)37-20-7-10-24-42(37)46-41-23-9-6-17-35(41)36-19-13-22-39(45)44(36)46/h4-29H,1-3H3/p+1. The van der Waals surface area contributed by atoms with Crippen molar-refractivity contribution in [3.8, 4) is 16.8 Å². The van der Waals surface area contributed by atoms with Gasteiger partial charge in [-0.25, -0.2) is 0 Å². The van der Waals surface area contributed by atoms with Crippen molar-refractivity contribution in [1.82, 2.24) is 4.57 Å². The Morgan fingerprint density at radius 1 is 0.553 bits per heavy atom. The average Bonchev–Trinajstić information content (AvgIpc) is 3.47. The van der Waals surface area contributed by atoms with E-state index < -0.39 is 5.41 Å². The summed E-state index contributed by atoms with van der Waals surface area (Å²) in [7, 11) is 0. The zero-order valence-corrected chi connectivity index (χ0v) is 27.8. The van der Waals surface area contributed by atoms with Crippen LogP contribution >= 0.6 is 0 Å². The molecule has 0 radical (unpaired) electrons. The molecule has 226 valence electrons. The lowest BCUT2D eigenvalue weighted by Gasteiger charge is -2.43. The molecule has 0 fully saturated rings. The van der Waals surface area contributed by atoms with Gasteiger partial charge >= 0.3 is 0 Å². The Morgan fingerprint density at radius 2 is 1.21 bits per heavy atom. The van der Waals surface area contributed by atoms with Gasteiger partial charge in [-0.3, -0.25) is 0 Å². The molecule has 8 aromatic rings. The molecule has 1 unspecified atom stereocenters. The highest BCUT2D eigenvalue weighted by atomic mass is 32.2. The number of benzene rings is 7. The van der Waals surface area contributed by atoms with Gasteiger partial charge in [0.15, 0.2) is 4.90 Å². The van der Waals surface area contributed by atoms with Crippen LogP contribution in [-0.2, 0) is 17.2 Å². The minimum Gasteiger partial charge on any atom is -0.309 e. The van der Waals surface area contributed by atoms with Gasteiger partial charge in [-0.15, -0.1) is 0 Å². The van der Waals surface area contributed by atoms with E-state index in [4.69, 9.17) is 0 Å². The average molecular weight is 623 g/mol. The van der Waals surface area contributed by atoms with Crippen molar-refractivity contribution in [1.29, 1.82) is 0 Å². The van der Waals surface area contributed by atoms with Crippen LogP contribution in [0.25, 0.3) is 49.4 Å². The normalized spacial score (nSPS) is 15.5. The van der Waals surface area contributed by atoms with Crippen LogP contribution in [0.4, 0.5) is 0 Å². The van der Waals surface area contributed by atoms with Gasteiger partial charge in [0, 0.05) is 28.1 Å². The second-order valence-corrected chi connectivity index (χ2v) is 14.0. The Labute approximate surface area is 280 Å². The lowest BCUT2D eigenvalue weighted by Crippen LogP contribution is -2.37. The topological polar surface area (TPSA) is 4.93 Å². The summed E-state index contributed by atoms with van der Waals surface area (Å²) < 4.78 is 2.53. The fourth-order valence-corrected chi connectivity index (χ4v) is 9.16. The molecule has 1 nitrogen and oxygen atoms in total. The Kier molecular flexibility index (Phi) is 6.45. The predicted octanol–water partition coefficient (Wildman–Crippen LogP) is 11.2. The third-order valence-corrected chi connectivity index (χ3v) is 11.2. The Balaban J connectivity index is 1.52. The van der Waals surface area contributed by atoms with Gasteiger partial charge in [0.1, 0.15) is 6.26 Å². The third kappa shape index (κ3) is 3.92. The number of para-hydroxylation sites is 3. The smallest absolute Gasteiger partial charge is 0.157 e. The number of nitrogens with zero attached hydrogens (tertiary/aromatic N) is 1. The molecule has 1 atom stereocenters. The van der Waals surface area contributed by atoms with Crippen LogP contribution in [0.15, 0.2) is 157 Å². The minimum atomic E-state index is -0.541. The maximum atomic E-state index is 2.54. The fourth-order valence-electron chi connectivity index (χ4n) is 8.44. The van der Waals surface area contributed by atoms with E-state index in [0.717, 1.165) is 0 Å². The van der Waals surface area contributed by atoms with Crippen molar-refractivity contribution in [2.45, 2.75) is 30.1 Å². The summed E-state index contributed by atoms with van der Waals surface area (Å²) in [4.78, 5) is 1.36. The van der Waals surface area contributed by atoms with Crippen LogP contribution in [0, 0.1) is 0 Å². The zero-order chi connectivity index (χ0) is 31.7. The molecule has 0 bridgehead atoms. The van der Waals surface area contributed by atoms with E-state index in [1.54, 1.807) is 0 Å². The zero-order valence-electron chi connectivity index (χ0n) is 26.9. The molecule has 1 aliphatic rings. The molecule has 0 aliphatic carbocycles. The molecular weight excluding hydrogens is 587 g/mol. The van der Waals surface area contributed by atoms with Gasteiger partial charge in [0.2, 0.25) is 0 Å². The quantitative estimate of drug-likeness (QED) is 0.133. The summed E-state index contributed by atoms with van der Waals surface area (Å²) in [6.45, 7) is 4.70. The Morgan fingerprint density at radius 3 is 2.06 bits per heavy atom. The molecular formula is C45H36NS+. The third-order valence-electron chi connectivity index (χ3n) is 10.4. The van der Waals surface area contributed by atoms with Gasteiger partial charge in [0.25, 0.3) is 0 Å². The number of rotatable bonds is 5. The first-order valence-electron chi connectivity index (χ1n) is 16.6. The molecule has 7 aromatic carbocycles. The van der Waals surface area contributed by atoms with E-state index in [-0.39, 0.29) is 0 Å². The second-order valence-electron chi connectivity index (χ2n) is 13.0. The Bertz CT molecular complexity index is 2490. The van der Waals surface area contributed by atoms with E-state index in [2.05, 4.69) is 176 Å². The fraction of sp³-hybridized carbons (Fsp3) is 0.111. The van der Waals surface area contributed by atoms with Crippen molar-refractivity contribution in [2.75, 3.05) is 6.26 Å². The molecule has 1 aromatic heterocycles. The Hall–Kier alpha value is -5.05. The van der Waals surface area contributed by atoms with Crippen LogP contribution in [0.2, 0.25) is 0 Å². The van der Waals surface area contributed by atoms with E-state index in [1.807, 2.05) is 0 Å². The van der Waals surface area contributed by atoms with Crippen LogP contribution in [0.5, 0.6) is 0 Å². The minimum absolute atomic E-state index is 0.328. The monoisotopic (exact) mass is 622 g/mol. The number of fused-ring (bicyclic) bond motifs is 6. The molecule has 0 N–H and O–H groups in total. The second kappa shape index (κ2) is 10.8. The summed E-state index contributed by atoms with van der Waals surface area (Å²) in [6, 6.07) is 57.0. The lowest BCUT2D eigenvalue weighted by molar-refractivity contribution is 0.688. The highest BCUT2D eigenvalue weighted by Crippen LogP contribution is 2.56. The summed E-state index contributed by atoms with van der Waals surface area (Å²) in [5.74, 6) is 0.328. The first-order chi connectivity index (χ1) is 23.1. The van der Waals surface area contributed by atoms with Gasteiger partial charge in [-0.2, -0.15) is 0 Å². The molecule has 47 heavy (non-hydrogen) atoms. The maximum absolute atomic E-state index is 2.54. The highest BCUT2D eigenvalue weighted by molar-refractivity contribution is 7.77. The first kappa shape index (κ1) is 28.2. The van der Waals surface area contributed by atoms with Crippen LogP contribution in [-0.4, -0.2) is 10.8 Å². The SMILES string of the molecule is C[SH+]c1ccccc1C1(c2cc(-c3cccc4ccccc34)ccc2C(C)C)c2ccccc2-n2c3ccccc3c3cccc1c32. The summed E-state index contributed by atoms with van der Waals surface area (Å²) >= 11 is 1.25. The van der Waals surface area contributed by atoms with Crippen molar-refractivity contribution in [3.05, 3.63) is 179 Å². The van der Waals surface area contributed by atoms with Crippen molar-refractivity contribution in [3.63, 3.8) is 0 Å². The van der Waals surface area contributed by atoms with Crippen molar-refractivity contribution < 1.29 is 0 Å². The lowest BCUT2D eigenvalue weighted by atomic mass is 9.61. The van der Waals surface area contributed by atoms with E-state index in [0.29, 0.717) is 5.92 Å². The van der Waals surface area contributed by atoms with Crippen molar-refractivity contribution >= 4 is 44.3 Å². The molecule has 0 amide bonds. The van der Waals surface area contributed by atoms with Crippen LogP contribution in [0.3, 0.4) is 0 Å². The largest absolute Gasteiger partial charge is 0.309 e. The summed E-state index contributed by atoms with van der Waals surface area (Å²) in [5, 5.41) is 5.15. The van der Waals surface area contributed by atoms with Gasteiger partial charge in [-0.05, 0) is 74.3 Å². The molecule has 2 heterocycles. The number of hydrogen-bond acceptors (Lipinski definition) is 0. The van der Waals surface area contributed by atoms with E-state index in [9.17, 15) is 0 Å². The van der Waals surface area contributed by atoms with Crippen LogP contribution < -0.4 is 0 Å². The summed E-state index contributed by atoms with van der Waals surface area (Å²) in [5.41, 5.74) is 12.6. The van der Waals surface area contributed by atoms with Gasteiger partial charge < -0.3 is 4.57 Å². The highest BCUT2D eigenvalue weighted by Gasteiger charge is 2.48. The van der Waals surface area contributed by atoms with E-state index >= 15 is 0 Å². The van der Waals surface area contributed by atoms with Gasteiger partial charge in [-0.1, -0.05) is 141 Å². The molecule has 1 aliphatic heterocycles. The predicted molar refractivity (Wildman–Crippen MR) is 203 cm³/mol.